The molecule has 4 aromatic rings. The first-order chi connectivity index (χ1) is 11.0. The number of aromatic nitrogens is 2. The van der Waals surface area contributed by atoms with Gasteiger partial charge in [-0.3, -0.25) is 4.79 Å². The lowest BCUT2D eigenvalue weighted by Gasteiger charge is -1.97. The van der Waals surface area contributed by atoms with Crippen LogP contribution in [0.3, 0.4) is 0 Å². The van der Waals surface area contributed by atoms with Gasteiger partial charge in [-0.25, -0.2) is 9.38 Å². The summed E-state index contributed by atoms with van der Waals surface area (Å²) in [4.78, 5) is 18.2. The van der Waals surface area contributed by atoms with Gasteiger partial charge >= 0.3 is 0 Å². The number of hydrogen-bond donors (Lipinski definition) is 0. The van der Waals surface area contributed by atoms with Gasteiger partial charge in [-0.2, -0.15) is 0 Å². The predicted octanol–water partition coefficient (Wildman–Crippen LogP) is 3.73. The number of hydrogen-bond acceptors (Lipinski definition) is 3. The molecule has 2 heterocycles. The molecule has 5 heteroatoms. The summed E-state index contributed by atoms with van der Waals surface area (Å²) in [6.07, 6.45) is 1.83. The minimum absolute atomic E-state index is 0.0441. The number of fused-ring (bicyclic) bond motifs is 3. The number of halogens is 1. The molecule has 0 atom stereocenters. The summed E-state index contributed by atoms with van der Waals surface area (Å²) in [7, 11) is 0. The largest absolute Gasteiger partial charge is 0.274 e. The van der Waals surface area contributed by atoms with Crippen molar-refractivity contribution in [1.82, 2.24) is 9.38 Å². The topological polar surface area (TPSA) is 34.4 Å². The molecule has 0 unspecified atom stereocenters. The smallest absolute Gasteiger partial charge is 0.267 e. The third kappa shape index (κ3) is 2.26. The van der Waals surface area contributed by atoms with Crippen molar-refractivity contribution in [3.63, 3.8) is 0 Å². The minimum atomic E-state index is -0.0441. The van der Waals surface area contributed by atoms with Crippen molar-refractivity contribution in [3.8, 4) is 0 Å². The molecule has 0 aliphatic heterocycles. The molecule has 114 valence electrons. The fourth-order valence-electron chi connectivity index (χ4n) is 2.84. The van der Waals surface area contributed by atoms with Crippen molar-refractivity contribution in [2.75, 3.05) is 0 Å². The van der Waals surface area contributed by atoms with Gasteiger partial charge in [-0.15, -0.1) is 0 Å². The second kappa shape index (κ2) is 5.18. The van der Waals surface area contributed by atoms with Crippen LogP contribution in [0.1, 0.15) is 16.7 Å². The van der Waals surface area contributed by atoms with Crippen molar-refractivity contribution in [2.45, 2.75) is 13.8 Å². The van der Waals surface area contributed by atoms with Crippen molar-refractivity contribution >= 4 is 45.0 Å². The van der Waals surface area contributed by atoms with Gasteiger partial charge in [0, 0.05) is 5.02 Å². The molecule has 2 aromatic heterocycles. The summed E-state index contributed by atoms with van der Waals surface area (Å²) < 4.78 is 2.34. The summed E-state index contributed by atoms with van der Waals surface area (Å²) in [6.45, 7) is 4.05. The highest BCUT2D eigenvalue weighted by molar-refractivity contribution is 7.15. The Hall–Kier alpha value is -2.17. The van der Waals surface area contributed by atoms with Crippen molar-refractivity contribution in [2.24, 2.45) is 0 Å². The van der Waals surface area contributed by atoms with E-state index in [4.69, 9.17) is 11.6 Å². The molecular weight excluding hydrogens is 328 g/mol. The molecule has 0 amide bonds. The zero-order valence-corrected chi connectivity index (χ0v) is 14.2. The lowest BCUT2D eigenvalue weighted by molar-refractivity contribution is 1.18. The standard InChI is InChI=1S/C18H13ClN2OS/c1-10-7-11(2)16-14(8-10)21-17(22)15(23-18(21)20-16)9-12-5-3-4-6-13(12)19/h3-9H,1-2H3/b15-9-. The summed E-state index contributed by atoms with van der Waals surface area (Å²) >= 11 is 7.58. The number of aryl methyl sites for hydroxylation is 2. The predicted molar refractivity (Wildman–Crippen MR) is 96.6 cm³/mol. The van der Waals surface area contributed by atoms with Crippen LogP contribution in [0, 0.1) is 13.8 Å². The van der Waals surface area contributed by atoms with Crippen LogP contribution in [0.15, 0.2) is 41.2 Å². The van der Waals surface area contributed by atoms with Crippen LogP contribution in [0.4, 0.5) is 0 Å². The molecule has 23 heavy (non-hydrogen) atoms. The highest BCUT2D eigenvalue weighted by Gasteiger charge is 2.13. The Morgan fingerprint density at radius 2 is 2.00 bits per heavy atom. The van der Waals surface area contributed by atoms with Gasteiger partial charge in [-0.1, -0.05) is 47.2 Å². The number of nitrogens with zero attached hydrogens (tertiary/aromatic N) is 2. The van der Waals surface area contributed by atoms with Crippen LogP contribution >= 0.6 is 22.9 Å². The van der Waals surface area contributed by atoms with Gasteiger partial charge in [-0.05, 0) is 48.7 Å². The molecular formula is C18H13ClN2OS. The summed E-state index contributed by atoms with van der Waals surface area (Å²) in [5, 5.41) is 0.634. The molecule has 0 saturated carbocycles. The Morgan fingerprint density at radius 3 is 2.78 bits per heavy atom. The Balaban J connectivity index is 2.07. The van der Waals surface area contributed by atoms with Crippen LogP contribution in [0.5, 0.6) is 0 Å². The molecule has 0 radical (unpaired) electrons. The number of benzene rings is 2. The maximum absolute atomic E-state index is 12.8. The summed E-state index contributed by atoms with van der Waals surface area (Å²) in [5.74, 6) is 0. The first-order valence-electron chi connectivity index (χ1n) is 7.23. The van der Waals surface area contributed by atoms with E-state index in [-0.39, 0.29) is 5.56 Å². The first-order valence-corrected chi connectivity index (χ1v) is 8.42. The van der Waals surface area contributed by atoms with Gasteiger partial charge in [0.05, 0.1) is 15.6 Å². The molecule has 4 rings (SSSR count). The maximum atomic E-state index is 12.8. The third-order valence-corrected chi connectivity index (χ3v) is 5.18. The Bertz CT molecular complexity index is 1170. The molecule has 2 aromatic carbocycles. The zero-order valence-electron chi connectivity index (χ0n) is 12.6. The van der Waals surface area contributed by atoms with Crippen LogP contribution < -0.4 is 10.1 Å². The third-order valence-electron chi connectivity index (χ3n) is 3.87. The Morgan fingerprint density at radius 1 is 1.22 bits per heavy atom. The highest BCUT2D eigenvalue weighted by atomic mass is 35.5. The molecule has 0 N–H and O–H groups in total. The summed E-state index contributed by atoms with van der Waals surface area (Å²) in [5.41, 5.74) is 4.77. The second-order valence-corrected chi connectivity index (χ2v) is 7.03. The van der Waals surface area contributed by atoms with Crippen molar-refractivity contribution in [1.29, 1.82) is 0 Å². The van der Waals surface area contributed by atoms with E-state index in [2.05, 4.69) is 11.1 Å². The zero-order chi connectivity index (χ0) is 16.1. The molecule has 0 saturated heterocycles. The second-order valence-electron chi connectivity index (χ2n) is 5.62. The lowest BCUT2D eigenvalue weighted by Crippen LogP contribution is -2.22. The van der Waals surface area contributed by atoms with Gasteiger partial charge in [0.2, 0.25) is 0 Å². The van der Waals surface area contributed by atoms with E-state index in [0.29, 0.717) is 9.55 Å². The number of thiazole rings is 1. The van der Waals surface area contributed by atoms with Gasteiger partial charge in [0.15, 0.2) is 4.96 Å². The van der Waals surface area contributed by atoms with Crippen LogP contribution in [-0.4, -0.2) is 9.38 Å². The average Bonchev–Trinajstić information content (AvgIpc) is 3.00. The maximum Gasteiger partial charge on any atom is 0.274 e. The van der Waals surface area contributed by atoms with E-state index in [1.807, 2.05) is 50.3 Å². The molecule has 0 fully saturated rings. The van der Waals surface area contributed by atoms with Crippen LogP contribution in [0.2, 0.25) is 5.02 Å². The average molecular weight is 341 g/mol. The number of rotatable bonds is 1. The molecule has 0 aliphatic carbocycles. The fraction of sp³-hybridized carbons (Fsp3) is 0.111. The van der Waals surface area contributed by atoms with E-state index in [9.17, 15) is 4.79 Å². The Labute approximate surface area is 141 Å². The normalized spacial score (nSPS) is 12.6. The summed E-state index contributed by atoms with van der Waals surface area (Å²) in [6, 6.07) is 11.6. The van der Waals surface area contributed by atoms with E-state index < -0.39 is 0 Å². The minimum Gasteiger partial charge on any atom is -0.267 e. The van der Waals surface area contributed by atoms with Gasteiger partial charge in [0.1, 0.15) is 0 Å². The van der Waals surface area contributed by atoms with E-state index >= 15 is 0 Å². The first kappa shape index (κ1) is 14.4. The number of imidazole rings is 1. The molecule has 0 spiro atoms. The van der Waals surface area contributed by atoms with Crippen molar-refractivity contribution in [3.05, 3.63) is 73.0 Å². The van der Waals surface area contributed by atoms with Gasteiger partial charge in [0.25, 0.3) is 5.56 Å². The van der Waals surface area contributed by atoms with Crippen LogP contribution in [0.25, 0.3) is 22.1 Å². The highest BCUT2D eigenvalue weighted by Crippen LogP contribution is 2.22. The fourth-order valence-corrected chi connectivity index (χ4v) is 4.00. The SMILES string of the molecule is Cc1cc(C)c2nc3s/c(=C\c4ccccc4Cl)c(=O)n3c2c1. The van der Waals surface area contributed by atoms with E-state index in [0.717, 1.165) is 32.7 Å². The monoisotopic (exact) mass is 340 g/mol. The lowest BCUT2D eigenvalue weighted by atomic mass is 10.1. The molecule has 3 nitrogen and oxygen atoms in total. The Kier molecular flexibility index (Phi) is 3.25. The molecule has 0 bridgehead atoms. The molecule has 0 aliphatic rings. The van der Waals surface area contributed by atoms with Gasteiger partial charge < -0.3 is 0 Å². The quantitative estimate of drug-likeness (QED) is 0.529. The van der Waals surface area contributed by atoms with Crippen LogP contribution in [-0.2, 0) is 0 Å². The van der Waals surface area contributed by atoms with E-state index in [1.165, 1.54) is 11.3 Å². The van der Waals surface area contributed by atoms with E-state index in [1.54, 1.807) is 4.40 Å². The van der Waals surface area contributed by atoms with Crippen molar-refractivity contribution < 1.29 is 0 Å².